The van der Waals surface area contributed by atoms with E-state index in [1.165, 1.54) is 0 Å². The number of nitrogens with one attached hydrogen (secondary N) is 1. The summed E-state index contributed by atoms with van der Waals surface area (Å²) in [4.78, 5) is 15.1. The molecule has 0 fully saturated rings. The van der Waals surface area contributed by atoms with Crippen LogP contribution in [-0.2, 0) is 0 Å². The van der Waals surface area contributed by atoms with Crippen LogP contribution in [0.5, 0.6) is 0 Å². The van der Waals surface area contributed by atoms with Gasteiger partial charge in [0.1, 0.15) is 5.82 Å². The molecule has 6 heteroatoms. The predicted octanol–water partition coefficient (Wildman–Crippen LogP) is 3.34. The summed E-state index contributed by atoms with van der Waals surface area (Å²) in [6.07, 6.45) is 1.64. The van der Waals surface area contributed by atoms with Crippen LogP contribution in [0.4, 0.5) is 11.5 Å². The van der Waals surface area contributed by atoms with Crippen molar-refractivity contribution in [3.8, 4) is 0 Å². The van der Waals surface area contributed by atoms with Gasteiger partial charge in [0.05, 0.1) is 5.02 Å². The topological polar surface area (TPSA) is 68.0 Å². The molecule has 92 valence electrons. The van der Waals surface area contributed by atoms with Crippen LogP contribution in [0.3, 0.4) is 0 Å². The predicted molar refractivity (Wildman–Crippen MR) is 75.2 cm³/mol. The lowest BCUT2D eigenvalue weighted by Crippen LogP contribution is -2.10. The second-order valence-electron chi connectivity index (χ2n) is 3.55. The van der Waals surface area contributed by atoms with Crippen LogP contribution in [-0.4, -0.2) is 10.9 Å². The average molecular weight is 327 g/mol. The van der Waals surface area contributed by atoms with Gasteiger partial charge in [0, 0.05) is 21.9 Å². The summed E-state index contributed by atoms with van der Waals surface area (Å²) in [5.74, 6) is 0.0908. The minimum atomic E-state index is -0.457. The van der Waals surface area contributed by atoms with Crippen molar-refractivity contribution in [1.82, 2.24) is 4.98 Å². The van der Waals surface area contributed by atoms with Gasteiger partial charge in [-0.05, 0) is 46.3 Å². The molecule has 0 aliphatic heterocycles. The number of rotatable bonds is 3. The highest BCUT2D eigenvalue weighted by Crippen LogP contribution is 2.25. The van der Waals surface area contributed by atoms with E-state index in [0.717, 1.165) is 10.2 Å². The zero-order chi connectivity index (χ0) is 13.1. The molecular weight excluding hydrogens is 318 g/mol. The van der Waals surface area contributed by atoms with E-state index in [9.17, 15) is 4.79 Å². The van der Waals surface area contributed by atoms with Gasteiger partial charge >= 0.3 is 0 Å². The van der Waals surface area contributed by atoms with Gasteiger partial charge in [0.2, 0.25) is 5.91 Å². The summed E-state index contributed by atoms with van der Waals surface area (Å²) < 4.78 is 0.808. The van der Waals surface area contributed by atoms with Crippen LogP contribution in [0.2, 0.25) is 5.02 Å². The average Bonchev–Trinajstić information content (AvgIpc) is 2.33. The number of aromatic nitrogens is 1. The van der Waals surface area contributed by atoms with Crippen LogP contribution in [0, 0.1) is 0 Å². The Balaban J connectivity index is 2.21. The molecule has 2 rings (SSSR count). The van der Waals surface area contributed by atoms with Crippen molar-refractivity contribution in [2.24, 2.45) is 5.73 Å². The van der Waals surface area contributed by atoms with Gasteiger partial charge in [-0.15, -0.1) is 0 Å². The Bertz CT molecular complexity index is 586. The monoisotopic (exact) mass is 325 g/mol. The molecule has 0 atom stereocenters. The zero-order valence-electron chi connectivity index (χ0n) is 9.15. The number of halogens is 2. The summed E-state index contributed by atoms with van der Waals surface area (Å²) in [5.41, 5.74) is 6.39. The van der Waals surface area contributed by atoms with Crippen molar-refractivity contribution >= 4 is 44.9 Å². The molecule has 4 nitrogen and oxygen atoms in total. The fourth-order valence-electron chi connectivity index (χ4n) is 1.36. The van der Waals surface area contributed by atoms with E-state index in [1.807, 2.05) is 0 Å². The lowest BCUT2D eigenvalue weighted by atomic mass is 10.2. The maximum Gasteiger partial charge on any atom is 0.248 e. The number of primary amides is 1. The molecule has 0 aliphatic carbocycles. The van der Waals surface area contributed by atoms with Crippen molar-refractivity contribution in [1.29, 1.82) is 0 Å². The van der Waals surface area contributed by atoms with E-state index in [1.54, 1.807) is 36.5 Å². The fraction of sp³-hybridized carbons (Fsp3) is 0. The Morgan fingerprint density at radius 1 is 1.33 bits per heavy atom. The molecule has 1 heterocycles. The molecule has 18 heavy (non-hydrogen) atoms. The highest BCUT2D eigenvalue weighted by Gasteiger charge is 2.04. The molecule has 0 unspecified atom stereocenters. The number of anilines is 2. The largest absolute Gasteiger partial charge is 0.366 e. The number of hydrogen-bond acceptors (Lipinski definition) is 3. The highest BCUT2D eigenvalue weighted by molar-refractivity contribution is 9.10. The van der Waals surface area contributed by atoms with E-state index >= 15 is 0 Å². The highest BCUT2D eigenvalue weighted by atomic mass is 79.9. The van der Waals surface area contributed by atoms with Gasteiger partial charge in [-0.3, -0.25) is 4.79 Å². The maximum absolute atomic E-state index is 10.9. The molecular formula is C12H9BrClN3O. The molecule has 0 saturated carbocycles. The Morgan fingerprint density at radius 3 is 2.56 bits per heavy atom. The number of carbonyl (C=O) groups excluding carboxylic acids is 1. The molecule has 0 spiro atoms. The van der Waals surface area contributed by atoms with E-state index in [2.05, 4.69) is 26.2 Å². The van der Waals surface area contributed by atoms with E-state index < -0.39 is 5.91 Å². The SMILES string of the molecule is NC(=O)c1ccc(Nc2ncc(Br)cc2Cl)cc1. The van der Waals surface area contributed by atoms with Crippen LogP contribution >= 0.6 is 27.5 Å². The molecule has 1 amide bonds. The standard InChI is InChI=1S/C12H9BrClN3O/c13-8-5-10(14)12(16-6-8)17-9-3-1-7(2-4-9)11(15)18/h1-6H,(H2,15,18)(H,16,17). The molecule has 0 saturated heterocycles. The van der Waals surface area contributed by atoms with Gasteiger partial charge in [-0.1, -0.05) is 11.6 Å². The number of nitrogens with zero attached hydrogens (tertiary/aromatic N) is 1. The Labute approximate surface area is 117 Å². The molecule has 0 aliphatic rings. The summed E-state index contributed by atoms with van der Waals surface area (Å²) in [7, 11) is 0. The number of hydrogen-bond donors (Lipinski definition) is 2. The molecule has 3 N–H and O–H groups in total. The Morgan fingerprint density at radius 2 is 2.00 bits per heavy atom. The first-order valence-electron chi connectivity index (χ1n) is 5.04. The van der Waals surface area contributed by atoms with Gasteiger partial charge in [0.15, 0.2) is 0 Å². The number of benzene rings is 1. The molecule has 0 bridgehead atoms. The molecule has 1 aromatic carbocycles. The van der Waals surface area contributed by atoms with Crippen molar-refractivity contribution in [3.05, 3.63) is 51.6 Å². The quantitative estimate of drug-likeness (QED) is 0.909. The molecule has 1 aromatic heterocycles. The van der Waals surface area contributed by atoms with Gasteiger partial charge in [-0.2, -0.15) is 0 Å². The van der Waals surface area contributed by atoms with Gasteiger partial charge in [0.25, 0.3) is 0 Å². The summed E-state index contributed by atoms with van der Waals surface area (Å²) >= 11 is 9.31. The van der Waals surface area contributed by atoms with Crippen molar-refractivity contribution in [2.75, 3.05) is 5.32 Å². The fourth-order valence-corrected chi connectivity index (χ4v) is 2.04. The summed E-state index contributed by atoms with van der Waals surface area (Å²) in [6.45, 7) is 0. The third-order valence-corrected chi connectivity index (χ3v) is 2.96. The molecule has 2 aromatic rings. The minimum absolute atomic E-state index is 0.454. The number of pyridine rings is 1. The Kier molecular flexibility index (Phi) is 3.84. The normalized spacial score (nSPS) is 10.1. The van der Waals surface area contributed by atoms with Crippen LogP contribution in [0.25, 0.3) is 0 Å². The van der Waals surface area contributed by atoms with E-state index in [4.69, 9.17) is 17.3 Å². The van der Waals surface area contributed by atoms with Crippen molar-refractivity contribution in [3.63, 3.8) is 0 Å². The lowest BCUT2D eigenvalue weighted by Gasteiger charge is -2.07. The van der Waals surface area contributed by atoms with Crippen LogP contribution < -0.4 is 11.1 Å². The third-order valence-electron chi connectivity index (χ3n) is 2.24. The first-order valence-corrected chi connectivity index (χ1v) is 6.21. The Hall–Kier alpha value is -1.59. The first-order chi connectivity index (χ1) is 8.56. The summed E-state index contributed by atoms with van der Waals surface area (Å²) in [6, 6.07) is 8.49. The minimum Gasteiger partial charge on any atom is -0.366 e. The van der Waals surface area contributed by atoms with Crippen LogP contribution in [0.15, 0.2) is 41.0 Å². The van der Waals surface area contributed by atoms with E-state index in [-0.39, 0.29) is 0 Å². The van der Waals surface area contributed by atoms with Crippen LogP contribution in [0.1, 0.15) is 10.4 Å². The number of carbonyl (C=O) groups is 1. The van der Waals surface area contributed by atoms with E-state index in [0.29, 0.717) is 16.4 Å². The second kappa shape index (κ2) is 5.37. The summed E-state index contributed by atoms with van der Waals surface area (Å²) in [5, 5.41) is 3.55. The second-order valence-corrected chi connectivity index (χ2v) is 4.87. The lowest BCUT2D eigenvalue weighted by molar-refractivity contribution is 0.100. The van der Waals surface area contributed by atoms with Gasteiger partial charge < -0.3 is 11.1 Å². The maximum atomic E-state index is 10.9. The first kappa shape index (κ1) is 12.9. The van der Waals surface area contributed by atoms with Crippen molar-refractivity contribution in [2.45, 2.75) is 0 Å². The van der Waals surface area contributed by atoms with Gasteiger partial charge in [-0.25, -0.2) is 4.98 Å². The smallest absolute Gasteiger partial charge is 0.248 e. The third kappa shape index (κ3) is 3.00. The molecule has 0 radical (unpaired) electrons. The van der Waals surface area contributed by atoms with Crippen molar-refractivity contribution < 1.29 is 4.79 Å². The number of nitrogens with two attached hydrogens (primary N) is 1. The number of amides is 1. The zero-order valence-corrected chi connectivity index (χ0v) is 11.5.